The molecule has 0 fully saturated rings. The molecular weight excluding hydrogens is 380 g/mol. The van der Waals surface area contributed by atoms with E-state index in [1.165, 1.54) is 0 Å². The van der Waals surface area contributed by atoms with Crippen molar-refractivity contribution in [3.05, 3.63) is 59.2 Å². The Morgan fingerprint density at radius 3 is 2.30 bits per heavy atom. The van der Waals surface area contributed by atoms with E-state index in [9.17, 15) is 9.59 Å². The van der Waals surface area contributed by atoms with Gasteiger partial charge in [0.2, 0.25) is 0 Å². The van der Waals surface area contributed by atoms with E-state index in [4.69, 9.17) is 9.84 Å². The molecule has 2 rings (SSSR count). The lowest BCUT2D eigenvalue weighted by Gasteiger charge is -2.18. The lowest BCUT2D eigenvalue weighted by Crippen LogP contribution is -2.30. The lowest BCUT2D eigenvalue weighted by atomic mass is 10.0. The van der Waals surface area contributed by atoms with Crippen molar-refractivity contribution in [2.24, 2.45) is 0 Å². The number of hydrogen-bond acceptors (Lipinski definition) is 5. The van der Waals surface area contributed by atoms with E-state index in [1.807, 2.05) is 44.2 Å². The van der Waals surface area contributed by atoms with Gasteiger partial charge in [-0.05, 0) is 49.1 Å². The van der Waals surface area contributed by atoms with Gasteiger partial charge < -0.3 is 20.5 Å². The molecule has 0 heterocycles. The number of anilines is 2. The summed E-state index contributed by atoms with van der Waals surface area (Å²) in [5.41, 5.74) is 5.13. The van der Waals surface area contributed by atoms with Gasteiger partial charge in [-0.15, -0.1) is 0 Å². The molecule has 1 unspecified atom stereocenters. The second-order valence-electron chi connectivity index (χ2n) is 7.48. The molecule has 0 radical (unpaired) electrons. The van der Waals surface area contributed by atoms with Gasteiger partial charge in [0.15, 0.2) is 11.9 Å². The minimum atomic E-state index is -1.43. The quantitative estimate of drug-likeness (QED) is 0.328. The summed E-state index contributed by atoms with van der Waals surface area (Å²) in [4.78, 5) is 23.6. The lowest BCUT2D eigenvalue weighted by molar-refractivity contribution is -0.127. The summed E-state index contributed by atoms with van der Waals surface area (Å²) >= 11 is 0. The van der Waals surface area contributed by atoms with Crippen molar-refractivity contribution in [3.63, 3.8) is 0 Å². The minimum absolute atomic E-state index is 0.148. The van der Waals surface area contributed by atoms with E-state index in [0.717, 1.165) is 47.5 Å². The summed E-state index contributed by atoms with van der Waals surface area (Å²) in [5.74, 6) is -0.241. The van der Waals surface area contributed by atoms with Gasteiger partial charge in [0.1, 0.15) is 0 Å². The van der Waals surface area contributed by atoms with Gasteiger partial charge in [-0.1, -0.05) is 43.7 Å². The molecule has 0 amide bonds. The fourth-order valence-corrected chi connectivity index (χ4v) is 3.40. The zero-order chi connectivity index (χ0) is 21.9. The number of unbranched alkanes of at least 4 members (excludes halogenated alkanes) is 1. The molecule has 0 bridgehead atoms. The van der Waals surface area contributed by atoms with Gasteiger partial charge in [0.25, 0.3) is 0 Å². The van der Waals surface area contributed by atoms with Crippen LogP contribution in [0.5, 0.6) is 0 Å². The molecule has 0 aliphatic rings. The summed E-state index contributed by atoms with van der Waals surface area (Å²) in [5, 5.41) is 15.8. The number of ether oxygens (including phenoxy) is 1. The Kier molecular flexibility index (Phi) is 9.19. The van der Waals surface area contributed by atoms with E-state index in [1.54, 1.807) is 0 Å². The number of ketones is 1. The topological polar surface area (TPSA) is 87.7 Å². The van der Waals surface area contributed by atoms with E-state index in [-0.39, 0.29) is 18.6 Å². The van der Waals surface area contributed by atoms with Gasteiger partial charge in [0, 0.05) is 37.3 Å². The number of nitrogens with one attached hydrogen (secondary N) is 2. The highest BCUT2D eigenvalue weighted by atomic mass is 16.7. The molecule has 0 saturated carbocycles. The van der Waals surface area contributed by atoms with E-state index < -0.39 is 12.3 Å². The molecule has 0 aromatic heterocycles. The van der Waals surface area contributed by atoms with Crippen molar-refractivity contribution >= 4 is 23.3 Å². The molecule has 0 spiro atoms. The molecular formula is C24H32N2O4. The van der Waals surface area contributed by atoms with Crippen molar-refractivity contribution in [2.45, 2.75) is 52.6 Å². The number of carboxylic acid groups (broad SMARTS) is 1. The van der Waals surface area contributed by atoms with Crippen molar-refractivity contribution in [1.82, 2.24) is 0 Å². The molecule has 0 aliphatic carbocycles. The van der Waals surface area contributed by atoms with Crippen LogP contribution in [0.15, 0.2) is 42.5 Å². The van der Waals surface area contributed by atoms with Crippen LogP contribution in [0, 0.1) is 13.8 Å². The fraction of sp³-hybridized carbons (Fsp3) is 0.417. The number of rotatable bonds is 12. The highest BCUT2D eigenvalue weighted by molar-refractivity contribution is 5.86. The zero-order valence-corrected chi connectivity index (χ0v) is 18.0. The highest BCUT2D eigenvalue weighted by Gasteiger charge is 2.22. The number of carbonyl (C=O) groups excluding carboxylic acids is 1. The normalized spacial score (nSPS) is 11.6. The predicted octanol–water partition coefficient (Wildman–Crippen LogP) is 5.19. The van der Waals surface area contributed by atoms with Gasteiger partial charge in [-0.25, -0.2) is 4.79 Å². The highest BCUT2D eigenvalue weighted by Crippen LogP contribution is 2.25. The predicted molar refractivity (Wildman–Crippen MR) is 120 cm³/mol. The Morgan fingerprint density at radius 2 is 1.70 bits per heavy atom. The van der Waals surface area contributed by atoms with E-state index >= 15 is 0 Å². The molecule has 2 aromatic carbocycles. The Labute approximate surface area is 178 Å². The third kappa shape index (κ3) is 7.43. The van der Waals surface area contributed by atoms with Crippen LogP contribution >= 0.6 is 0 Å². The SMILES string of the molecule is CCCCNc1cc(C)c(NCCC(OC(=O)O)C(=O)Cc2ccccc2)c(C)c1. The summed E-state index contributed by atoms with van der Waals surface area (Å²) in [6.07, 6.45) is 0.261. The van der Waals surface area contributed by atoms with Crippen LogP contribution in [0.25, 0.3) is 0 Å². The van der Waals surface area contributed by atoms with Crippen molar-refractivity contribution in [2.75, 3.05) is 23.7 Å². The van der Waals surface area contributed by atoms with Crippen molar-refractivity contribution in [3.8, 4) is 0 Å². The Balaban J connectivity index is 1.97. The van der Waals surface area contributed by atoms with Crippen LogP contribution < -0.4 is 10.6 Å². The molecule has 30 heavy (non-hydrogen) atoms. The summed E-state index contributed by atoms with van der Waals surface area (Å²) in [6.45, 7) is 7.61. The number of carbonyl (C=O) groups is 2. The number of Topliss-reactive ketones (excluding diaryl/α,β-unsaturated/α-hetero) is 1. The van der Waals surface area contributed by atoms with Gasteiger partial charge in [0.05, 0.1) is 0 Å². The Morgan fingerprint density at radius 1 is 1.03 bits per heavy atom. The monoisotopic (exact) mass is 412 g/mol. The first-order chi connectivity index (χ1) is 14.4. The maximum atomic E-state index is 12.6. The molecule has 162 valence electrons. The third-order valence-corrected chi connectivity index (χ3v) is 4.92. The molecule has 6 nitrogen and oxygen atoms in total. The van der Waals surface area contributed by atoms with Crippen LogP contribution in [0.4, 0.5) is 16.2 Å². The molecule has 6 heteroatoms. The zero-order valence-electron chi connectivity index (χ0n) is 18.0. The molecule has 1 atom stereocenters. The van der Waals surface area contributed by atoms with Crippen LogP contribution in [0.3, 0.4) is 0 Å². The molecule has 3 N–H and O–H groups in total. The Bertz CT molecular complexity index is 813. The largest absolute Gasteiger partial charge is 0.506 e. The van der Waals surface area contributed by atoms with Crippen LogP contribution in [0.2, 0.25) is 0 Å². The smallest absolute Gasteiger partial charge is 0.450 e. The van der Waals surface area contributed by atoms with Gasteiger partial charge in [-0.2, -0.15) is 0 Å². The van der Waals surface area contributed by atoms with E-state index in [2.05, 4.69) is 29.7 Å². The summed E-state index contributed by atoms with van der Waals surface area (Å²) in [6, 6.07) is 13.5. The second kappa shape index (κ2) is 11.9. The first kappa shape index (κ1) is 23.3. The maximum absolute atomic E-state index is 12.6. The molecule has 0 aliphatic heterocycles. The standard InChI is InChI=1S/C24H32N2O4/c1-4-5-12-25-20-14-17(2)23(18(3)15-20)26-13-11-22(30-24(28)29)21(27)16-19-9-7-6-8-10-19/h6-10,14-15,22,25-26H,4-5,11-13,16H2,1-3H3,(H,28,29). The first-order valence-electron chi connectivity index (χ1n) is 10.5. The minimum Gasteiger partial charge on any atom is -0.450 e. The maximum Gasteiger partial charge on any atom is 0.506 e. The molecule has 0 saturated heterocycles. The average Bonchev–Trinajstić information content (AvgIpc) is 2.70. The third-order valence-electron chi connectivity index (χ3n) is 4.92. The van der Waals surface area contributed by atoms with Crippen molar-refractivity contribution in [1.29, 1.82) is 0 Å². The molecule has 2 aromatic rings. The van der Waals surface area contributed by atoms with Crippen LogP contribution in [-0.2, 0) is 16.0 Å². The van der Waals surface area contributed by atoms with Crippen LogP contribution in [0.1, 0.15) is 42.9 Å². The average molecular weight is 413 g/mol. The number of aryl methyl sites for hydroxylation is 2. The summed E-state index contributed by atoms with van der Waals surface area (Å²) < 4.78 is 4.87. The van der Waals surface area contributed by atoms with E-state index in [0.29, 0.717) is 6.54 Å². The first-order valence-corrected chi connectivity index (χ1v) is 10.5. The summed E-state index contributed by atoms with van der Waals surface area (Å²) in [7, 11) is 0. The van der Waals surface area contributed by atoms with Crippen LogP contribution in [-0.4, -0.2) is 36.2 Å². The number of benzene rings is 2. The number of hydrogen-bond donors (Lipinski definition) is 3. The van der Waals surface area contributed by atoms with Crippen molar-refractivity contribution < 1.29 is 19.4 Å². The Hall–Kier alpha value is -3.02. The fourth-order valence-electron chi connectivity index (χ4n) is 3.40. The van der Waals surface area contributed by atoms with Gasteiger partial charge in [-0.3, -0.25) is 4.79 Å². The second-order valence-corrected chi connectivity index (χ2v) is 7.48. The van der Waals surface area contributed by atoms with Gasteiger partial charge >= 0.3 is 6.16 Å².